The average molecular weight is 365 g/mol. The number of ether oxygens (including phenoxy) is 2. The molecule has 0 amide bonds. The number of nitrogens with one attached hydrogen (secondary N) is 1. The van der Waals surface area contributed by atoms with Crippen molar-refractivity contribution in [1.82, 2.24) is 4.98 Å². The quantitative estimate of drug-likeness (QED) is 0.642. The number of halogens is 1. The Labute approximate surface area is 119 Å². The molecule has 0 aliphatic carbocycles. The van der Waals surface area contributed by atoms with Crippen LogP contribution in [-0.4, -0.2) is 30.1 Å². The van der Waals surface area contributed by atoms with Gasteiger partial charge >= 0.3 is 11.9 Å². The molecule has 0 saturated heterocycles. The summed E-state index contributed by atoms with van der Waals surface area (Å²) in [5.41, 5.74) is 1.83. The number of H-pyrrole nitrogens is 1. The number of hydrogen-bond donors (Lipinski definition) is 1. The van der Waals surface area contributed by atoms with E-state index in [9.17, 15) is 9.59 Å². The minimum atomic E-state index is -0.442. The molecule has 0 saturated carbocycles. The number of aryl methyl sites for hydroxylation is 1. The Kier molecular flexibility index (Phi) is 5.64. The third-order valence-corrected chi connectivity index (χ3v) is 3.77. The highest BCUT2D eigenvalue weighted by atomic mass is 127. The lowest BCUT2D eigenvalue weighted by Crippen LogP contribution is -2.13. The minimum absolute atomic E-state index is 0.0740. The van der Waals surface area contributed by atoms with Gasteiger partial charge in [-0.05, 0) is 43.4 Å². The second-order valence-electron chi connectivity index (χ2n) is 3.62. The number of hydrogen-bond acceptors (Lipinski definition) is 4. The van der Waals surface area contributed by atoms with Crippen LogP contribution < -0.4 is 0 Å². The third kappa shape index (κ3) is 3.47. The van der Waals surface area contributed by atoms with Gasteiger partial charge in [-0.15, -0.1) is 0 Å². The van der Waals surface area contributed by atoms with E-state index in [1.807, 2.05) is 6.92 Å². The number of rotatable bonds is 5. The zero-order chi connectivity index (χ0) is 13.7. The monoisotopic (exact) mass is 365 g/mol. The molecule has 0 spiro atoms. The molecule has 0 radical (unpaired) electrons. The van der Waals surface area contributed by atoms with E-state index in [1.165, 1.54) is 0 Å². The lowest BCUT2D eigenvalue weighted by molar-refractivity contribution is -0.142. The van der Waals surface area contributed by atoms with Gasteiger partial charge in [0.15, 0.2) is 0 Å². The van der Waals surface area contributed by atoms with Gasteiger partial charge in [0.2, 0.25) is 0 Å². The lowest BCUT2D eigenvalue weighted by Gasteiger charge is -2.04. The van der Waals surface area contributed by atoms with Gasteiger partial charge in [0.1, 0.15) is 5.69 Å². The van der Waals surface area contributed by atoms with Crippen LogP contribution in [0.25, 0.3) is 0 Å². The van der Waals surface area contributed by atoms with E-state index in [0.717, 1.165) is 9.26 Å². The molecule has 1 N–H and O–H groups in total. The Balaban J connectivity index is 3.01. The second kappa shape index (κ2) is 6.77. The van der Waals surface area contributed by atoms with Crippen molar-refractivity contribution in [1.29, 1.82) is 0 Å². The van der Waals surface area contributed by atoms with Crippen LogP contribution in [0.2, 0.25) is 0 Å². The van der Waals surface area contributed by atoms with Gasteiger partial charge in [-0.3, -0.25) is 4.79 Å². The zero-order valence-electron chi connectivity index (χ0n) is 10.6. The maximum absolute atomic E-state index is 11.8. The Hall–Kier alpha value is -1.05. The molecule has 0 aromatic carbocycles. The predicted molar refractivity (Wildman–Crippen MR) is 74.5 cm³/mol. The normalized spacial score (nSPS) is 10.2. The van der Waals surface area contributed by atoms with Gasteiger partial charge in [-0.25, -0.2) is 4.79 Å². The summed E-state index contributed by atoms with van der Waals surface area (Å²) in [5, 5.41) is 0. The molecule has 1 aromatic heterocycles. The summed E-state index contributed by atoms with van der Waals surface area (Å²) in [6.45, 7) is 5.96. The first-order valence-electron chi connectivity index (χ1n) is 5.70. The predicted octanol–water partition coefficient (Wildman–Crippen LogP) is 2.21. The van der Waals surface area contributed by atoms with Crippen LogP contribution in [0.15, 0.2) is 0 Å². The molecule has 6 heteroatoms. The molecule has 1 heterocycles. The van der Waals surface area contributed by atoms with Crippen LogP contribution in [0.1, 0.15) is 35.6 Å². The largest absolute Gasteiger partial charge is 0.466 e. The van der Waals surface area contributed by atoms with Crippen molar-refractivity contribution < 1.29 is 19.1 Å². The van der Waals surface area contributed by atoms with Crippen LogP contribution in [0.3, 0.4) is 0 Å². The lowest BCUT2D eigenvalue weighted by atomic mass is 10.1. The van der Waals surface area contributed by atoms with E-state index in [4.69, 9.17) is 9.47 Å². The number of carbonyl (C=O) groups is 2. The highest BCUT2D eigenvalue weighted by molar-refractivity contribution is 14.1. The summed E-state index contributed by atoms with van der Waals surface area (Å²) < 4.78 is 10.7. The maximum atomic E-state index is 11.8. The number of aromatic nitrogens is 1. The molecule has 100 valence electrons. The van der Waals surface area contributed by atoms with Gasteiger partial charge in [-0.1, -0.05) is 0 Å². The molecule has 18 heavy (non-hydrogen) atoms. The maximum Gasteiger partial charge on any atom is 0.355 e. The molecule has 0 unspecified atom stereocenters. The molecule has 0 bridgehead atoms. The summed E-state index contributed by atoms with van der Waals surface area (Å²) in [5.74, 6) is -0.789. The van der Waals surface area contributed by atoms with Gasteiger partial charge in [-0.2, -0.15) is 0 Å². The fourth-order valence-corrected chi connectivity index (χ4v) is 2.15. The van der Waals surface area contributed by atoms with E-state index < -0.39 is 5.97 Å². The first kappa shape index (κ1) is 15.0. The van der Waals surface area contributed by atoms with E-state index in [1.54, 1.807) is 13.8 Å². The molecule has 0 atom stereocenters. The highest BCUT2D eigenvalue weighted by Gasteiger charge is 2.22. The SMILES string of the molecule is CCOC(=O)Cc1c(C(=O)OCC)[nH]c(C)c1I. The van der Waals surface area contributed by atoms with Crippen LogP contribution in [0.4, 0.5) is 0 Å². The van der Waals surface area contributed by atoms with Gasteiger partial charge in [0, 0.05) is 14.8 Å². The molecule has 0 aliphatic heterocycles. The number of aromatic amines is 1. The first-order valence-corrected chi connectivity index (χ1v) is 6.78. The summed E-state index contributed by atoms with van der Waals surface area (Å²) in [6.07, 6.45) is 0.0740. The van der Waals surface area contributed by atoms with Crippen LogP contribution in [-0.2, 0) is 20.7 Å². The topological polar surface area (TPSA) is 68.4 Å². The van der Waals surface area contributed by atoms with Crippen LogP contribution in [0, 0.1) is 10.5 Å². The number of esters is 2. The van der Waals surface area contributed by atoms with Crippen molar-refractivity contribution in [3.63, 3.8) is 0 Å². The Morgan fingerprint density at radius 2 is 1.83 bits per heavy atom. The minimum Gasteiger partial charge on any atom is -0.466 e. The van der Waals surface area contributed by atoms with Crippen molar-refractivity contribution in [3.8, 4) is 0 Å². The standard InChI is InChI=1S/C12H16INO4/c1-4-17-9(15)6-8-10(13)7(3)14-11(8)12(16)18-5-2/h14H,4-6H2,1-3H3. The van der Waals surface area contributed by atoms with E-state index in [2.05, 4.69) is 27.6 Å². The summed E-state index contributed by atoms with van der Waals surface area (Å²) in [6, 6.07) is 0. The fraction of sp³-hybridized carbons (Fsp3) is 0.500. The van der Waals surface area contributed by atoms with Crippen molar-refractivity contribution in [2.45, 2.75) is 27.2 Å². The van der Waals surface area contributed by atoms with E-state index in [-0.39, 0.29) is 12.4 Å². The summed E-state index contributed by atoms with van der Waals surface area (Å²) in [7, 11) is 0. The smallest absolute Gasteiger partial charge is 0.355 e. The van der Waals surface area contributed by atoms with Crippen LogP contribution in [0.5, 0.6) is 0 Å². The van der Waals surface area contributed by atoms with Crippen molar-refractivity contribution >= 4 is 34.5 Å². The summed E-state index contributed by atoms with van der Waals surface area (Å²) in [4.78, 5) is 26.2. The van der Waals surface area contributed by atoms with E-state index >= 15 is 0 Å². The van der Waals surface area contributed by atoms with Gasteiger partial charge < -0.3 is 14.5 Å². The first-order chi connectivity index (χ1) is 8.51. The van der Waals surface area contributed by atoms with Gasteiger partial charge in [0.25, 0.3) is 0 Å². The molecule has 0 fully saturated rings. The zero-order valence-corrected chi connectivity index (χ0v) is 12.8. The van der Waals surface area contributed by atoms with Crippen molar-refractivity contribution in [2.75, 3.05) is 13.2 Å². The molecular formula is C12H16INO4. The fourth-order valence-electron chi connectivity index (χ4n) is 1.55. The highest BCUT2D eigenvalue weighted by Crippen LogP contribution is 2.22. The number of carbonyl (C=O) groups excluding carboxylic acids is 2. The van der Waals surface area contributed by atoms with E-state index in [0.29, 0.717) is 24.5 Å². The Morgan fingerprint density at radius 3 is 2.39 bits per heavy atom. The van der Waals surface area contributed by atoms with Crippen molar-refractivity contribution in [3.05, 3.63) is 20.5 Å². The molecule has 1 rings (SSSR count). The average Bonchev–Trinajstić information content (AvgIpc) is 2.58. The van der Waals surface area contributed by atoms with Crippen LogP contribution >= 0.6 is 22.6 Å². The Bertz CT molecular complexity index is 453. The third-order valence-electron chi connectivity index (χ3n) is 2.31. The molecule has 0 aliphatic rings. The molecular weight excluding hydrogens is 349 g/mol. The summed E-state index contributed by atoms with van der Waals surface area (Å²) >= 11 is 2.10. The van der Waals surface area contributed by atoms with Crippen molar-refractivity contribution in [2.24, 2.45) is 0 Å². The Morgan fingerprint density at radius 1 is 1.22 bits per heavy atom. The molecule has 1 aromatic rings. The van der Waals surface area contributed by atoms with Gasteiger partial charge in [0.05, 0.1) is 19.6 Å². The second-order valence-corrected chi connectivity index (χ2v) is 4.70. The molecule has 5 nitrogen and oxygen atoms in total.